The minimum absolute atomic E-state index is 0.256. The van der Waals surface area contributed by atoms with Crippen LogP contribution in [0.1, 0.15) is 52.9 Å². The Labute approximate surface area is 89.9 Å². The van der Waals surface area contributed by atoms with Crippen LogP contribution >= 0.6 is 0 Å². The minimum atomic E-state index is 0.256. The highest BCUT2D eigenvalue weighted by atomic mass is 15.2. The van der Waals surface area contributed by atoms with E-state index in [0.29, 0.717) is 0 Å². The quantitative estimate of drug-likeness (QED) is 0.652. The molecule has 0 fully saturated rings. The number of nitrogens with zero attached hydrogens (tertiary/aromatic N) is 1. The molecule has 0 bridgehead atoms. The van der Waals surface area contributed by atoms with Crippen molar-refractivity contribution in [1.29, 1.82) is 0 Å². The second kappa shape index (κ2) is 7.24. The van der Waals surface area contributed by atoms with Crippen molar-refractivity contribution in [1.82, 2.24) is 4.90 Å². The Balaban J connectivity index is 4.33. The van der Waals surface area contributed by atoms with Gasteiger partial charge in [-0.1, -0.05) is 33.6 Å². The van der Waals surface area contributed by atoms with E-state index in [4.69, 9.17) is 5.73 Å². The first kappa shape index (κ1) is 13.9. The SMILES string of the molecule is CCCCC(CC)(CN)N(C)CCC. The van der Waals surface area contributed by atoms with Crippen molar-refractivity contribution in [3.8, 4) is 0 Å². The summed E-state index contributed by atoms with van der Waals surface area (Å²) in [6.45, 7) is 8.69. The Hall–Kier alpha value is -0.0800. The first-order valence-electron chi connectivity index (χ1n) is 6.08. The monoisotopic (exact) mass is 200 g/mol. The second-order valence-corrected chi connectivity index (χ2v) is 4.31. The zero-order valence-electron chi connectivity index (χ0n) is 10.5. The van der Waals surface area contributed by atoms with E-state index < -0.39 is 0 Å². The van der Waals surface area contributed by atoms with Gasteiger partial charge in [0.05, 0.1) is 0 Å². The number of hydrogen-bond donors (Lipinski definition) is 1. The molecule has 86 valence electrons. The summed E-state index contributed by atoms with van der Waals surface area (Å²) in [5, 5.41) is 0. The second-order valence-electron chi connectivity index (χ2n) is 4.31. The summed E-state index contributed by atoms with van der Waals surface area (Å²) < 4.78 is 0. The van der Waals surface area contributed by atoms with Crippen LogP contribution in [0.2, 0.25) is 0 Å². The molecule has 0 heterocycles. The van der Waals surface area contributed by atoms with E-state index in [1.54, 1.807) is 0 Å². The van der Waals surface area contributed by atoms with Crippen LogP contribution in [0.25, 0.3) is 0 Å². The van der Waals surface area contributed by atoms with Gasteiger partial charge in [0.25, 0.3) is 0 Å². The summed E-state index contributed by atoms with van der Waals surface area (Å²) in [7, 11) is 2.22. The largest absolute Gasteiger partial charge is 0.329 e. The lowest BCUT2D eigenvalue weighted by atomic mass is 9.88. The van der Waals surface area contributed by atoms with Crippen LogP contribution in [0.4, 0.5) is 0 Å². The average Bonchev–Trinajstić information content (AvgIpc) is 2.21. The van der Waals surface area contributed by atoms with E-state index >= 15 is 0 Å². The van der Waals surface area contributed by atoms with Crippen molar-refractivity contribution in [2.24, 2.45) is 5.73 Å². The highest BCUT2D eigenvalue weighted by molar-refractivity contribution is 4.88. The fourth-order valence-electron chi connectivity index (χ4n) is 2.12. The highest BCUT2D eigenvalue weighted by Crippen LogP contribution is 2.24. The molecule has 2 heteroatoms. The van der Waals surface area contributed by atoms with Crippen LogP contribution in [0.5, 0.6) is 0 Å². The number of nitrogens with two attached hydrogens (primary N) is 1. The van der Waals surface area contributed by atoms with Gasteiger partial charge in [0.1, 0.15) is 0 Å². The fourth-order valence-corrected chi connectivity index (χ4v) is 2.12. The van der Waals surface area contributed by atoms with Crippen molar-refractivity contribution in [2.75, 3.05) is 20.1 Å². The zero-order chi connectivity index (χ0) is 11.0. The normalized spacial score (nSPS) is 15.9. The molecule has 0 aliphatic rings. The van der Waals surface area contributed by atoms with E-state index in [-0.39, 0.29) is 5.54 Å². The third-order valence-corrected chi connectivity index (χ3v) is 3.40. The van der Waals surface area contributed by atoms with Crippen molar-refractivity contribution in [2.45, 2.75) is 58.4 Å². The third kappa shape index (κ3) is 3.58. The molecule has 0 aliphatic carbocycles. The molecule has 0 aromatic heterocycles. The molecule has 1 atom stereocenters. The van der Waals surface area contributed by atoms with Gasteiger partial charge in [-0.05, 0) is 32.9 Å². The maximum absolute atomic E-state index is 5.95. The van der Waals surface area contributed by atoms with Gasteiger partial charge in [-0.25, -0.2) is 0 Å². The molecule has 2 nitrogen and oxygen atoms in total. The fraction of sp³-hybridized carbons (Fsp3) is 1.00. The van der Waals surface area contributed by atoms with Crippen LogP contribution in [0.15, 0.2) is 0 Å². The van der Waals surface area contributed by atoms with Crippen LogP contribution in [-0.2, 0) is 0 Å². The third-order valence-electron chi connectivity index (χ3n) is 3.40. The van der Waals surface area contributed by atoms with E-state index in [2.05, 4.69) is 32.7 Å². The van der Waals surface area contributed by atoms with Crippen LogP contribution < -0.4 is 5.73 Å². The Morgan fingerprint density at radius 3 is 2.14 bits per heavy atom. The van der Waals surface area contributed by atoms with Crippen molar-refractivity contribution in [3.05, 3.63) is 0 Å². The summed E-state index contributed by atoms with van der Waals surface area (Å²) in [5.41, 5.74) is 6.20. The Morgan fingerprint density at radius 2 is 1.79 bits per heavy atom. The summed E-state index contributed by atoms with van der Waals surface area (Å²) in [6.07, 6.45) is 6.18. The van der Waals surface area contributed by atoms with E-state index in [1.807, 2.05) is 0 Å². The maximum Gasteiger partial charge on any atom is 0.0326 e. The molecule has 14 heavy (non-hydrogen) atoms. The average molecular weight is 200 g/mol. The van der Waals surface area contributed by atoms with E-state index in [9.17, 15) is 0 Å². The van der Waals surface area contributed by atoms with Gasteiger partial charge < -0.3 is 5.73 Å². The van der Waals surface area contributed by atoms with Crippen molar-refractivity contribution in [3.63, 3.8) is 0 Å². The molecule has 0 saturated heterocycles. The van der Waals surface area contributed by atoms with Gasteiger partial charge >= 0.3 is 0 Å². The van der Waals surface area contributed by atoms with Crippen LogP contribution in [0, 0.1) is 0 Å². The van der Waals surface area contributed by atoms with E-state index in [1.165, 1.54) is 32.1 Å². The summed E-state index contributed by atoms with van der Waals surface area (Å²) in [6, 6.07) is 0. The Kier molecular flexibility index (Phi) is 7.20. The number of likely N-dealkylation sites (N-methyl/N-ethyl adjacent to an activating group) is 1. The van der Waals surface area contributed by atoms with Gasteiger partial charge in [-0.15, -0.1) is 0 Å². The van der Waals surface area contributed by atoms with Gasteiger partial charge in [0, 0.05) is 12.1 Å². The highest BCUT2D eigenvalue weighted by Gasteiger charge is 2.29. The lowest BCUT2D eigenvalue weighted by Crippen LogP contribution is -2.51. The number of rotatable bonds is 8. The molecule has 0 saturated carbocycles. The summed E-state index contributed by atoms with van der Waals surface area (Å²) >= 11 is 0. The smallest absolute Gasteiger partial charge is 0.0326 e. The van der Waals surface area contributed by atoms with Gasteiger partial charge in [-0.2, -0.15) is 0 Å². The van der Waals surface area contributed by atoms with Gasteiger partial charge in [0.2, 0.25) is 0 Å². The lowest BCUT2D eigenvalue weighted by molar-refractivity contribution is 0.108. The first-order chi connectivity index (χ1) is 6.66. The topological polar surface area (TPSA) is 29.3 Å². The van der Waals surface area contributed by atoms with Crippen molar-refractivity contribution < 1.29 is 0 Å². The Morgan fingerprint density at radius 1 is 1.14 bits per heavy atom. The molecule has 0 aromatic carbocycles. The van der Waals surface area contributed by atoms with Crippen LogP contribution in [-0.4, -0.2) is 30.6 Å². The predicted molar refractivity (Wildman–Crippen MR) is 64.5 cm³/mol. The van der Waals surface area contributed by atoms with E-state index in [0.717, 1.165) is 13.1 Å². The standard InChI is InChI=1S/C12H28N2/c1-5-8-9-12(7-3,11-13)14(4)10-6-2/h5-11,13H2,1-4H3. The minimum Gasteiger partial charge on any atom is -0.329 e. The first-order valence-corrected chi connectivity index (χ1v) is 6.08. The molecular weight excluding hydrogens is 172 g/mol. The predicted octanol–water partition coefficient (Wildman–Crippen LogP) is 2.63. The number of hydrogen-bond acceptors (Lipinski definition) is 2. The summed E-state index contributed by atoms with van der Waals surface area (Å²) in [5.74, 6) is 0. The zero-order valence-corrected chi connectivity index (χ0v) is 10.5. The molecule has 0 aliphatic heterocycles. The maximum atomic E-state index is 5.95. The molecule has 0 radical (unpaired) electrons. The van der Waals surface area contributed by atoms with Gasteiger partial charge in [-0.3, -0.25) is 4.90 Å². The molecule has 0 spiro atoms. The summed E-state index contributed by atoms with van der Waals surface area (Å²) in [4.78, 5) is 2.46. The molecule has 0 rings (SSSR count). The number of unbranched alkanes of at least 4 members (excludes halogenated alkanes) is 1. The van der Waals surface area contributed by atoms with Gasteiger partial charge in [0.15, 0.2) is 0 Å². The lowest BCUT2D eigenvalue weighted by Gasteiger charge is -2.41. The van der Waals surface area contributed by atoms with Crippen molar-refractivity contribution >= 4 is 0 Å². The molecule has 0 amide bonds. The van der Waals surface area contributed by atoms with Crippen LogP contribution in [0.3, 0.4) is 0 Å². The molecule has 2 N–H and O–H groups in total. The molecular formula is C12H28N2. The Bertz CT molecular complexity index is 130. The molecule has 1 unspecified atom stereocenters. The molecule has 0 aromatic rings.